The van der Waals surface area contributed by atoms with E-state index in [-0.39, 0.29) is 5.82 Å². The maximum atomic E-state index is 13.4. The molecular formula is C23H25FN6. The summed E-state index contributed by atoms with van der Waals surface area (Å²) < 4.78 is 15.4. The van der Waals surface area contributed by atoms with Crippen molar-refractivity contribution in [2.75, 3.05) is 13.1 Å². The maximum absolute atomic E-state index is 13.4. The van der Waals surface area contributed by atoms with E-state index in [1.807, 2.05) is 42.1 Å². The van der Waals surface area contributed by atoms with Gasteiger partial charge in [-0.1, -0.05) is 18.2 Å². The van der Waals surface area contributed by atoms with Crippen LogP contribution in [0.2, 0.25) is 0 Å². The second-order valence-corrected chi connectivity index (χ2v) is 6.97. The Labute approximate surface area is 174 Å². The third kappa shape index (κ3) is 4.51. The Bertz CT molecular complexity index is 1130. The first-order valence-electron chi connectivity index (χ1n) is 10.1. The topological polar surface area (TPSA) is 70.0 Å². The molecule has 0 saturated carbocycles. The predicted molar refractivity (Wildman–Crippen MR) is 118 cm³/mol. The Morgan fingerprint density at radius 2 is 2.07 bits per heavy atom. The summed E-state index contributed by atoms with van der Waals surface area (Å²) in [4.78, 5) is 12.0. The summed E-state index contributed by atoms with van der Waals surface area (Å²) in [6.45, 7) is 4.10. The first-order chi connectivity index (χ1) is 14.7. The molecule has 0 fully saturated rings. The molecule has 4 rings (SSSR count). The fraction of sp³-hybridized carbons (Fsp3) is 0.217. The summed E-state index contributed by atoms with van der Waals surface area (Å²) in [5, 5.41) is 7.74. The number of hydrogen-bond donors (Lipinski definition) is 3. The van der Waals surface area contributed by atoms with Crippen molar-refractivity contribution in [3.05, 3.63) is 84.3 Å². The molecule has 0 atom stereocenters. The molecule has 0 aliphatic carbocycles. The Morgan fingerprint density at radius 1 is 1.17 bits per heavy atom. The average Bonchev–Trinajstić information content (AvgIpc) is 3.42. The van der Waals surface area contributed by atoms with E-state index in [0.717, 1.165) is 53.2 Å². The Hall–Kier alpha value is -3.61. The fourth-order valence-corrected chi connectivity index (χ4v) is 3.48. The van der Waals surface area contributed by atoms with E-state index < -0.39 is 0 Å². The standard InChI is InChI=1S/C23H25FN6/c1-2-26-23(27-10-9-17-14-28-21-13-19(24)7-8-20(17)21)29-15-18-5-3-4-6-22(18)30-12-11-25-16-30/h3-8,11-14,16,28H,2,9-10,15H2,1H3,(H2,26,27,29). The minimum atomic E-state index is -0.230. The van der Waals surface area contributed by atoms with Gasteiger partial charge in [-0.2, -0.15) is 0 Å². The van der Waals surface area contributed by atoms with Crippen molar-refractivity contribution < 1.29 is 4.39 Å². The summed E-state index contributed by atoms with van der Waals surface area (Å²) in [7, 11) is 0. The molecule has 0 saturated heterocycles. The number of halogens is 1. The molecule has 0 spiro atoms. The zero-order chi connectivity index (χ0) is 20.8. The second kappa shape index (κ2) is 9.26. The van der Waals surface area contributed by atoms with Crippen molar-refractivity contribution >= 4 is 16.9 Å². The molecule has 4 aromatic rings. The molecule has 0 radical (unpaired) electrons. The van der Waals surface area contributed by atoms with Gasteiger partial charge >= 0.3 is 0 Å². The molecule has 30 heavy (non-hydrogen) atoms. The number of H-pyrrole nitrogens is 1. The van der Waals surface area contributed by atoms with E-state index in [2.05, 4.69) is 32.7 Å². The van der Waals surface area contributed by atoms with Crippen molar-refractivity contribution in [2.24, 2.45) is 4.99 Å². The van der Waals surface area contributed by atoms with E-state index in [0.29, 0.717) is 6.54 Å². The van der Waals surface area contributed by atoms with Gasteiger partial charge in [0.05, 0.1) is 18.6 Å². The molecule has 0 bridgehead atoms. The average molecular weight is 404 g/mol. The SMILES string of the molecule is CCNC(=NCc1ccccc1-n1ccnc1)NCCc1c[nH]c2cc(F)ccc12. The molecule has 2 aromatic carbocycles. The molecule has 0 unspecified atom stereocenters. The van der Waals surface area contributed by atoms with Crippen molar-refractivity contribution in [1.82, 2.24) is 25.2 Å². The lowest BCUT2D eigenvalue weighted by molar-refractivity contribution is 0.629. The van der Waals surface area contributed by atoms with Gasteiger partial charge < -0.3 is 20.2 Å². The minimum Gasteiger partial charge on any atom is -0.361 e. The number of guanidine groups is 1. The van der Waals surface area contributed by atoms with Crippen LogP contribution in [-0.2, 0) is 13.0 Å². The third-order valence-corrected chi connectivity index (χ3v) is 4.94. The number of nitrogens with one attached hydrogen (secondary N) is 3. The molecule has 2 heterocycles. The van der Waals surface area contributed by atoms with Gasteiger partial charge in [0.1, 0.15) is 5.82 Å². The number of fused-ring (bicyclic) bond motifs is 1. The molecule has 6 nitrogen and oxygen atoms in total. The molecule has 0 amide bonds. The smallest absolute Gasteiger partial charge is 0.191 e. The van der Waals surface area contributed by atoms with Crippen LogP contribution in [0.4, 0.5) is 4.39 Å². The van der Waals surface area contributed by atoms with Gasteiger partial charge in [-0.05, 0) is 48.7 Å². The lowest BCUT2D eigenvalue weighted by Crippen LogP contribution is -2.38. The van der Waals surface area contributed by atoms with Crippen molar-refractivity contribution in [3.63, 3.8) is 0 Å². The van der Waals surface area contributed by atoms with Crippen molar-refractivity contribution in [2.45, 2.75) is 19.9 Å². The van der Waals surface area contributed by atoms with Crippen LogP contribution in [-0.4, -0.2) is 33.6 Å². The van der Waals surface area contributed by atoms with Gasteiger partial charge in [0.15, 0.2) is 5.96 Å². The number of para-hydroxylation sites is 1. The van der Waals surface area contributed by atoms with Crippen LogP contribution in [0.5, 0.6) is 0 Å². The van der Waals surface area contributed by atoms with Crippen molar-refractivity contribution in [1.29, 1.82) is 0 Å². The zero-order valence-corrected chi connectivity index (χ0v) is 16.9. The van der Waals surface area contributed by atoms with Crippen LogP contribution in [0, 0.1) is 5.82 Å². The Morgan fingerprint density at radius 3 is 2.90 bits per heavy atom. The number of aromatic amines is 1. The zero-order valence-electron chi connectivity index (χ0n) is 16.9. The first kappa shape index (κ1) is 19.7. The van der Waals surface area contributed by atoms with Gasteiger partial charge in [0, 0.05) is 42.6 Å². The number of benzene rings is 2. The highest BCUT2D eigenvalue weighted by Gasteiger charge is 2.06. The van der Waals surface area contributed by atoms with Crippen LogP contribution in [0.25, 0.3) is 16.6 Å². The third-order valence-electron chi connectivity index (χ3n) is 4.94. The molecule has 2 aromatic heterocycles. The summed E-state index contributed by atoms with van der Waals surface area (Å²) in [6, 6.07) is 13.0. The molecule has 154 valence electrons. The highest BCUT2D eigenvalue weighted by Crippen LogP contribution is 2.19. The first-order valence-corrected chi connectivity index (χ1v) is 10.1. The van der Waals surface area contributed by atoms with Gasteiger partial charge in [0.2, 0.25) is 0 Å². The summed E-state index contributed by atoms with van der Waals surface area (Å²) in [6.07, 6.45) is 8.24. The lowest BCUT2D eigenvalue weighted by Gasteiger charge is -2.12. The van der Waals surface area contributed by atoms with Crippen LogP contribution in [0.3, 0.4) is 0 Å². The summed E-state index contributed by atoms with van der Waals surface area (Å²) >= 11 is 0. The fourth-order valence-electron chi connectivity index (χ4n) is 3.48. The maximum Gasteiger partial charge on any atom is 0.191 e. The normalized spacial score (nSPS) is 11.7. The molecule has 7 heteroatoms. The van der Waals surface area contributed by atoms with E-state index in [9.17, 15) is 4.39 Å². The molecule has 0 aliphatic rings. The van der Waals surface area contributed by atoms with E-state index in [1.54, 1.807) is 12.5 Å². The number of aliphatic imine (C=N–C) groups is 1. The number of aromatic nitrogens is 3. The highest BCUT2D eigenvalue weighted by molar-refractivity contribution is 5.83. The minimum absolute atomic E-state index is 0.230. The van der Waals surface area contributed by atoms with Gasteiger partial charge in [-0.15, -0.1) is 0 Å². The molecule has 3 N–H and O–H groups in total. The van der Waals surface area contributed by atoms with Gasteiger partial charge in [-0.25, -0.2) is 14.4 Å². The summed E-state index contributed by atoms with van der Waals surface area (Å²) in [5.74, 6) is 0.537. The lowest BCUT2D eigenvalue weighted by atomic mass is 10.1. The number of rotatable bonds is 7. The predicted octanol–water partition coefficient (Wildman–Crippen LogP) is 3.79. The molecule has 0 aliphatic heterocycles. The van der Waals surface area contributed by atoms with Crippen LogP contribution < -0.4 is 10.6 Å². The number of imidazole rings is 1. The van der Waals surface area contributed by atoms with Crippen LogP contribution >= 0.6 is 0 Å². The van der Waals surface area contributed by atoms with Gasteiger partial charge in [0.25, 0.3) is 0 Å². The summed E-state index contributed by atoms with van der Waals surface area (Å²) in [5.41, 5.74) is 4.16. The Balaban J connectivity index is 1.42. The van der Waals surface area contributed by atoms with Crippen LogP contribution in [0.15, 0.2) is 72.4 Å². The number of nitrogens with zero attached hydrogens (tertiary/aromatic N) is 3. The van der Waals surface area contributed by atoms with Crippen LogP contribution in [0.1, 0.15) is 18.1 Å². The van der Waals surface area contributed by atoms with E-state index >= 15 is 0 Å². The largest absolute Gasteiger partial charge is 0.361 e. The Kier molecular flexibility index (Phi) is 6.08. The highest BCUT2D eigenvalue weighted by atomic mass is 19.1. The van der Waals surface area contributed by atoms with Gasteiger partial charge in [-0.3, -0.25) is 0 Å². The second-order valence-electron chi connectivity index (χ2n) is 6.97. The van der Waals surface area contributed by atoms with E-state index in [4.69, 9.17) is 4.99 Å². The molecular weight excluding hydrogens is 379 g/mol. The number of hydrogen-bond acceptors (Lipinski definition) is 2. The monoisotopic (exact) mass is 404 g/mol. The van der Waals surface area contributed by atoms with Crippen molar-refractivity contribution in [3.8, 4) is 5.69 Å². The van der Waals surface area contributed by atoms with E-state index in [1.165, 1.54) is 12.1 Å². The quantitative estimate of drug-likeness (QED) is 0.324.